The van der Waals surface area contributed by atoms with Gasteiger partial charge in [-0.05, 0) is 59.9 Å². The van der Waals surface area contributed by atoms with E-state index in [0.29, 0.717) is 12.8 Å². The molecule has 0 saturated heterocycles. The summed E-state index contributed by atoms with van der Waals surface area (Å²) in [4.78, 5) is 24.6. The highest BCUT2D eigenvalue weighted by atomic mass is 35.5. The van der Waals surface area contributed by atoms with Gasteiger partial charge in [0.2, 0.25) is 5.91 Å². The van der Waals surface area contributed by atoms with Crippen LogP contribution in [0.4, 0.5) is 11.4 Å². The van der Waals surface area contributed by atoms with Gasteiger partial charge in [-0.2, -0.15) is 0 Å². The van der Waals surface area contributed by atoms with Crippen LogP contribution < -0.4 is 4.90 Å². The molecule has 32 heavy (non-hydrogen) atoms. The standard InChI is InChI=1S/C26H21N3O.2ClH/c30-25-26(16-20-8-6-14-27-18-20,17-21-9-7-15-28-19-21)23-12-4-5-13-24(23)29(25)22-10-2-1-3-11-22;;/h1-15,18-19H,16-17H2;2*1H. The third kappa shape index (κ3) is 4.12. The molecule has 6 heteroatoms. The molecule has 2 aromatic carbocycles. The van der Waals surface area contributed by atoms with E-state index < -0.39 is 5.41 Å². The molecule has 0 spiro atoms. The number of para-hydroxylation sites is 2. The molecule has 0 bridgehead atoms. The summed E-state index contributed by atoms with van der Waals surface area (Å²) in [7, 11) is 0. The summed E-state index contributed by atoms with van der Waals surface area (Å²) in [5, 5.41) is 0. The van der Waals surface area contributed by atoms with Crippen LogP contribution in [-0.2, 0) is 23.1 Å². The van der Waals surface area contributed by atoms with Gasteiger partial charge in [0.05, 0.1) is 11.1 Å². The van der Waals surface area contributed by atoms with Gasteiger partial charge in [-0.1, -0.05) is 48.5 Å². The quantitative estimate of drug-likeness (QED) is 0.380. The van der Waals surface area contributed by atoms with Gasteiger partial charge in [0.25, 0.3) is 0 Å². The topological polar surface area (TPSA) is 46.1 Å². The first kappa shape index (κ1) is 23.5. The number of nitrogens with zero attached hydrogens (tertiary/aromatic N) is 3. The molecular weight excluding hydrogens is 441 g/mol. The van der Waals surface area contributed by atoms with Gasteiger partial charge in [-0.25, -0.2) is 0 Å². The van der Waals surface area contributed by atoms with Gasteiger partial charge >= 0.3 is 0 Å². The average Bonchev–Trinajstić information content (AvgIpc) is 3.04. The molecule has 0 aliphatic carbocycles. The molecule has 2 aromatic heterocycles. The van der Waals surface area contributed by atoms with Gasteiger partial charge in [0.15, 0.2) is 0 Å². The number of hydrogen-bond donors (Lipinski definition) is 0. The minimum atomic E-state index is -0.724. The number of halogens is 2. The molecule has 0 unspecified atom stereocenters. The predicted octanol–water partition coefficient (Wildman–Crippen LogP) is 5.72. The van der Waals surface area contributed by atoms with E-state index in [9.17, 15) is 4.79 Å². The molecule has 5 rings (SSSR count). The number of amides is 1. The van der Waals surface area contributed by atoms with E-state index in [4.69, 9.17) is 0 Å². The van der Waals surface area contributed by atoms with E-state index in [1.165, 1.54) is 0 Å². The van der Waals surface area contributed by atoms with Crippen LogP contribution in [0.25, 0.3) is 0 Å². The van der Waals surface area contributed by atoms with Crippen molar-refractivity contribution in [2.75, 3.05) is 4.90 Å². The second kappa shape index (κ2) is 9.94. The second-order valence-electron chi connectivity index (χ2n) is 7.65. The third-order valence-electron chi connectivity index (χ3n) is 5.74. The van der Waals surface area contributed by atoms with E-state index in [1.807, 2.05) is 90.1 Å². The molecule has 4 nitrogen and oxygen atoms in total. The average molecular weight is 464 g/mol. The number of fused-ring (bicyclic) bond motifs is 1. The van der Waals surface area contributed by atoms with Crippen molar-refractivity contribution in [1.29, 1.82) is 0 Å². The van der Waals surface area contributed by atoms with Crippen molar-refractivity contribution < 1.29 is 4.79 Å². The van der Waals surface area contributed by atoms with E-state index >= 15 is 0 Å². The van der Waals surface area contributed by atoms with Gasteiger partial charge in [0.1, 0.15) is 0 Å². The van der Waals surface area contributed by atoms with Crippen molar-refractivity contribution >= 4 is 42.1 Å². The lowest BCUT2D eigenvalue weighted by atomic mass is 9.72. The maximum Gasteiger partial charge on any atom is 0.242 e. The van der Waals surface area contributed by atoms with Gasteiger partial charge < -0.3 is 0 Å². The monoisotopic (exact) mass is 463 g/mol. The van der Waals surface area contributed by atoms with Crippen molar-refractivity contribution in [3.63, 3.8) is 0 Å². The molecule has 0 N–H and O–H groups in total. The fourth-order valence-corrected chi connectivity index (χ4v) is 4.45. The van der Waals surface area contributed by atoms with Crippen LogP contribution >= 0.6 is 24.8 Å². The van der Waals surface area contributed by atoms with Gasteiger partial charge in [-0.15, -0.1) is 24.8 Å². The largest absolute Gasteiger partial charge is 0.280 e. The van der Waals surface area contributed by atoms with Crippen molar-refractivity contribution in [2.24, 2.45) is 0 Å². The minimum Gasteiger partial charge on any atom is -0.280 e. The Hall–Kier alpha value is -3.21. The Balaban J connectivity index is 0.00000144. The van der Waals surface area contributed by atoms with Crippen molar-refractivity contribution in [3.8, 4) is 0 Å². The number of benzene rings is 2. The maximum atomic E-state index is 14.2. The van der Waals surface area contributed by atoms with E-state index in [-0.39, 0.29) is 30.7 Å². The van der Waals surface area contributed by atoms with Crippen LogP contribution in [0.1, 0.15) is 16.7 Å². The summed E-state index contributed by atoms with van der Waals surface area (Å²) < 4.78 is 0. The van der Waals surface area contributed by atoms with Crippen molar-refractivity contribution in [1.82, 2.24) is 9.97 Å². The van der Waals surface area contributed by atoms with Crippen LogP contribution in [0.5, 0.6) is 0 Å². The number of anilines is 2. The molecule has 4 aromatic rings. The molecule has 1 amide bonds. The fourth-order valence-electron chi connectivity index (χ4n) is 4.45. The number of hydrogen-bond acceptors (Lipinski definition) is 3. The zero-order chi connectivity index (χ0) is 20.4. The van der Waals surface area contributed by atoms with Gasteiger partial charge in [0, 0.05) is 30.5 Å². The smallest absolute Gasteiger partial charge is 0.242 e. The lowest BCUT2D eigenvalue weighted by molar-refractivity contribution is -0.122. The molecule has 1 aliphatic heterocycles. The van der Waals surface area contributed by atoms with Crippen LogP contribution in [0.15, 0.2) is 104 Å². The molecule has 0 radical (unpaired) electrons. The van der Waals surface area contributed by atoms with Crippen LogP contribution in [-0.4, -0.2) is 15.9 Å². The van der Waals surface area contributed by atoms with E-state index in [1.54, 1.807) is 12.4 Å². The SMILES string of the molecule is Cl.Cl.O=C1N(c2ccccc2)c2ccccc2C1(Cc1cccnc1)Cc1cccnc1. The number of rotatable bonds is 5. The zero-order valence-electron chi connectivity index (χ0n) is 17.3. The number of carbonyl (C=O) groups is 1. The summed E-state index contributed by atoms with van der Waals surface area (Å²) in [6.45, 7) is 0. The lowest BCUT2D eigenvalue weighted by Crippen LogP contribution is -2.42. The molecule has 162 valence electrons. The highest BCUT2D eigenvalue weighted by molar-refractivity contribution is 6.13. The number of aromatic nitrogens is 2. The summed E-state index contributed by atoms with van der Waals surface area (Å²) >= 11 is 0. The van der Waals surface area contributed by atoms with Crippen LogP contribution in [0.3, 0.4) is 0 Å². The third-order valence-corrected chi connectivity index (χ3v) is 5.74. The Morgan fingerprint density at radius 1 is 0.688 bits per heavy atom. The van der Waals surface area contributed by atoms with Crippen molar-refractivity contribution in [2.45, 2.75) is 18.3 Å². The highest BCUT2D eigenvalue weighted by Gasteiger charge is 2.51. The van der Waals surface area contributed by atoms with E-state index in [2.05, 4.69) is 16.0 Å². The Bertz CT molecular complexity index is 1130. The normalized spacial score (nSPS) is 13.6. The molecule has 0 fully saturated rings. The Morgan fingerprint density at radius 2 is 1.25 bits per heavy atom. The second-order valence-corrected chi connectivity index (χ2v) is 7.65. The van der Waals surface area contributed by atoms with E-state index in [0.717, 1.165) is 28.1 Å². The van der Waals surface area contributed by atoms with Gasteiger partial charge in [-0.3, -0.25) is 19.7 Å². The molecule has 0 saturated carbocycles. The Morgan fingerprint density at radius 3 is 1.81 bits per heavy atom. The predicted molar refractivity (Wildman–Crippen MR) is 132 cm³/mol. The summed E-state index contributed by atoms with van der Waals surface area (Å²) in [6.07, 6.45) is 8.39. The molecular formula is C26H23Cl2N3O. The van der Waals surface area contributed by atoms with Crippen LogP contribution in [0, 0.1) is 0 Å². The zero-order valence-corrected chi connectivity index (χ0v) is 18.9. The first-order valence-electron chi connectivity index (χ1n) is 10.0. The maximum absolute atomic E-state index is 14.2. The molecule has 0 atom stereocenters. The molecule has 1 aliphatic rings. The first-order chi connectivity index (χ1) is 14.8. The lowest BCUT2D eigenvalue weighted by Gasteiger charge is -2.29. The highest BCUT2D eigenvalue weighted by Crippen LogP contribution is 2.48. The number of carbonyl (C=O) groups excluding carboxylic acids is 1. The Kier molecular flexibility index (Phi) is 7.29. The minimum absolute atomic E-state index is 0. The Labute approximate surface area is 200 Å². The summed E-state index contributed by atoms with van der Waals surface area (Å²) in [5.74, 6) is 0.0857. The summed E-state index contributed by atoms with van der Waals surface area (Å²) in [5.41, 5.74) is 4.24. The summed E-state index contributed by atoms with van der Waals surface area (Å²) in [6, 6.07) is 25.9. The molecule has 3 heterocycles. The van der Waals surface area contributed by atoms with Crippen molar-refractivity contribution in [3.05, 3.63) is 120 Å². The fraction of sp³-hybridized carbons (Fsp3) is 0.115. The first-order valence-corrected chi connectivity index (χ1v) is 10.0. The van der Waals surface area contributed by atoms with Crippen LogP contribution in [0.2, 0.25) is 0 Å². The number of pyridine rings is 2.